The van der Waals surface area contributed by atoms with Crippen LogP contribution in [-0.4, -0.2) is 52.5 Å². The average molecular weight is 423 g/mol. The molecule has 2 heterocycles. The van der Waals surface area contributed by atoms with Gasteiger partial charge in [0, 0.05) is 5.69 Å². The molecule has 2 N–H and O–H groups in total. The SMILES string of the molecule is CSCCC(C(=O)Nc1ccc2c(c1)C(=O)NC2=O)N1C(=O)c2ccccc2C1=O. The summed E-state index contributed by atoms with van der Waals surface area (Å²) < 4.78 is 0. The Morgan fingerprint density at radius 1 is 0.967 bits per heavy atom. The number of anilines is 1. The van der Waals surface area contributed by atoms with Gasteiger partial charge in [0.2, 0.25) is 5.91 Å². The van der Waals surface area contributed by atoms with Crippen molar-refractivity contribution in [2.75, 3.05) is 17.3 Å². The van der Waals surface area contributed by atoms with Crippen molar-refractivity contribution in [3.63, 3.8) is 0 Å². The number of nitrogens with zero attached hydrogens (tertiary/aromatic N) is 1. The largest absolute Gasteiger partial charge is 0.324 e. The summed E-state index contributed by atoms with van der Waals surface area (Å²) in [6, 6.07) is 9.82. The van der Waals surface area contributed by atoms with E-state index < -0.39 is 35.6 Å². The number of amides is 5. The van der Waals surface area contributed by atoms with Crippen molar-refractivity contribution in [3.05, 3.63) is 64.7 Å². The predicted octanol–water partition coefficient (Wildman–Crippen LogP) is 1.93. The predicted molar refractivity (Wildman–Crippen MR) is 111 cm³/mol. The normalized spacial score (nSPS) is 15.7. The lowest BCUT2D eigenvalue weighted by Gasteiger charge is -2.25. The summed E-state index contributed by atoms with van der Waals surface area (Å²) >= 11 is 1.50. The quantitative estimate of drug-likeness (QED) is 0.687. The van der Waals surface area contributed by atoms with Crippen LogP contribution in [0.3, 0.4) is 0 Å². The molecule has 0 spiro atoms. The molecule has 2 aromatic rings. The first-order valence-corrected chi connectivity index (χ1v) is 10.6. The van der Waals surface area contributed by atoms with Crippen LogP contribution < -0.4 is 10.6 Å². The van der Waals surface area contributed by atoms with Crippen LogP contribution in [0, 0.1) is 0 Å². The van der Waals surface area contributed by atoms with E-state index in [0.717, 1.165) is 4.90 Å². The summed E-state index contributed by atoms with van der Waals surface area (Å²) in [5, 5.41) is 4.86. The number of carbonyl (C=O) groups is 5. The Morgan fingerprint density at radius 3 is 2.23 bits per heavy atom. The number of hydrogen-bond acceptors (Lipinski definition) is 6. The van der Waals surface area contributed by atoms with Gasteiger partial charge >= 0.3 is 0 Å². The van der Waals surface area contributed by atoms with Crippen LogP contribution >= 0.6 is 11.8 Å². The lowest BCUT2D eigenvalue weighted by atomic mass is 10.1. The molecule has 0 bridgehead atoms. The van der Waals surface area contributed by atoms with E-state index in [9.17, 15) is 24.0 Å². The molecule has 0 aliphatic carbocycles. The molecule has 9 heteroatoms. The number of hydrogen-bond donors (Lipinski definition) is 2. The number of thioether (sulfide) groups is 1. The van der Waals surface area contributed by atoms with Gasteiger partial charge in [0.15, 0.2) is 0 Å². The maximum absolute atomic E-state index is 13.1. The maximum atomic E-state index is 13.1. The van der Waals surface area contributed by atoms with Crippen LogP contribution in [0.4, 0.5) is 5.69 Å². The fraction of sp³-hybridized carbons (Fsp3) is 0.190. The molecule has 4 rings (SSSR count). The van der Waals surface area contributed by atoms with Gasteiger partial charge in [-0.25, -0.2) is 0 Å². The van der Waals surface area contributed by atoms with Gasteiger partial charge in [-0.15, -0.1) is 0 Å². The number of carbonyl (C=O) groups excluding carboxylic acids is 5. The average Bonchev–Trinajstić information content (AvgIpc) is 3.16. The zero-order valence-electron chi connectivity index (χ0n) is 15.9. The summed E-state index contributed by atoms with van der Waals surface area (Å²) in [6.45, 7) is 0. The van der Waals surface area contributed by atoms with Gasteiger partial charge in [-0.2, -0.15) is 11.8 Å². The minimum atomic E-state index is -1.01. The standard InChI is InChI=1S/C21H17N3O5S/c1-30-9-8-16(24-20(28)13-4-2-3-5-14(13)21(24)29)19(27)22-11-6-7-12-15(10-11)18(26)23-17(12)25/h2-7,10,16H,8-9H2,1H3,(H,22,27)(H,23,25,26). The fourth-order valence-corrected chi connectivity index (χ4v) is 4.03. The van der Waals surface area contributed by atoms with Crippen molar-refractivity contribution in [1.82, 2.24) is 10.2 Å². The highest BCUT2D eigenvalue weighted by Gasteiger charge is 2.42. The second kappa shape index (κ2) is 7.75. The van der Waals surface area contributed by atoms with Gasteiger partial charge in [-0.1, -0.05) is 12.1 Å². The molecule has 152 valence electrons. The van der Waals surface area contributed by atoms with Crippen LogP contribution in [0.5, 0.6) is 0 Å². The first-order chi connectivity index (χ1) is 14.4. The minimum absolute atomic E-state index is 0.166. The van der Waals surface area contributed by atoms with E-state index in [-0.39, 0.29) is 28.7 Å². The third kappa shape index (κ3) is 3.26. The fourth-order valence-electron chi connectivity index (χ4n) is 3.57. The first-order valence-electron chi connectivity index (χ1n) is 9.19. The number of benzene rings is 2. The van der Waals surface area contributed by atoms with Gasteiger partial charge in [0.1, 0.15) is 6.04 Å². The van der Waals surface area contributed by atoms with Crippen LogP contribution in [0.25, 0.3) is 0 Å². The Balaban J connectivity index is 1.61. The van der Waals surface area contributed by atoms with E-state index in [0.29, 0.717) is 11.4 Å². The minimum Gasteiger partial charge on any atom is -0.324 e. The van der Waals surface area contributed by atoms with E-state index in [4.69, 9.17) is 0 Å². The molecule has 0 saturated heterocycles. The molecule has 5 amide bonds. The third-order valence-corrected chi connectivity index (χ3v) is 5.68. The van der Waals surface area contributed by atoms with Crippen LogP contribution in [0.15, 0.2) is 42.5 Å². The number of nitrogens with one attached hydrogen (secondary N) is 2. The maximum Gasteiger partial charge on any atom is 0.262 e. The molecular weight excluding hydrogens is 406 g/mol. The Labute approximate surface area is 176 Å². The number of imide groups is 2. The van der Waals surface area contributed by atoms with Crippen LogP contribution in [-0.2, 0) is 4.79 Å². The first kappa shape index (κ1) is 19.8. The summed E-state index contributed by atoms with van der Waals surface area (Å²) in [6.07, 6.45) is 2.15. The van der Waals surface area contributed by atoms with E-state index in [2.05, 4.69) is 10.6 Å². The van der Waals surface area contributed by atoms with Gasteiger partial charge in [0.05, 0.1) is 22.3 Å². The lowest BCUT2D eigenvalue weighted by Crippen LogP contribution is -2.47. The van der Waals surface area contributed by atoms with Crippen molar-refractivity contribution in [2.24, 2.45) is 0 Å². The van der Waals surface area contributed by atoms with E-state index in [1.165, 1.54) is 30.0 Å². The topological polar surface area (TPSA) is 113 Å². The molecule has 2 aliphatic heterocycles. The monoisotopic (exact) mass is 423 g/mol. The van der Waals surface area contributed by atoms with Gasteiger partial charge in [0.25, 0.3) is 23.6 Å². The highest BCUT2D eigenvalue weighted by Crippen LogP contribution is 2.27. The van der Waals surface area contributed by atoms with Gasteiger partial charge in [-0.3, -0.25) is 34.2 Å². The van der Waals surface area contributed by atoms with Crippen molar-refractivity contribution < 1.29 is 24.0 Å². The Kier molecular flexibility index (Phi) is 5.13. The molecule has 1 unspecified atom stereocenters. The highest BCUT2D eigenvalue weighted by molar-refractivity contribution is 7.98. The number of fused-ring (bicyclic) bond motifs is 2. The molecule has 0 fully saturated rings. The smallest absolute Gasteiger partial charge is 0.262 e. The Morgan fingerprint density at radius 2 is 1.60 bits per heavy atom. The molecule has 8 nitrogen and oxygen atoms in total. The van der Waals surface area contributed by atoms with E-state index in [1.807, 2.05) is 6.26 Å². The van der Waals surface area contributed by atoms with Crippen molar-refractivity contribution in [1.29, 1.82) is 0 Å². The van der Waals surface area contributed by atoms with Crippen LogP contribution in [0.1, 0.15) is 47.9 Å². The summed E-state index contributed by atoms with van der Waals surface area (Å²) in [7, 11) is 0. The zero-order chi connectivity index (χ0) is 21.4. The second-order valence-corrected chi connectivity index (χ2v) is 7.84. The van der Waals surface area contributed by atoms with Gasteiger partial charge in [-0.05, 0) is 48.8 Å². The Bertz CT molecular complexity index is 1080. The molecule has 2 aliphatic rings. The molecule has 2 aromatic carbocycles. The zero-order valence-corrected chi connectivity index (χ0v) is 16.7. The van der Waals surface area contributed by atoms with E-state index in [1.54, 1.807) is 24.3 Å². The summed E-state index contributed by atoms with van der Waals surface area (Å²) in [5.41, 5.74) is 1.25. The third-order valence-electron chi connectivity index (χ3n) is 5.04. The molecular formula is C21H17N3O5S. The molecule has 1 atom stereocenters. The second-order valence-electron chi connectivity index (χ2n) is 6.86. The summed E-state index contributed by atoms with van der Waals surface area (Å²) in [5.74, 6) is -2.01. The molecule has 0 radical (unpaired) electrons. The lowest BCUT2D eigenvalue weighted by molar-refractivity contribution is -0.120. The number of rotatable bonds is 6. The summed E-state index contributed by atoms with van der Waals surface area (Å²) in [4.78, 5) is 63.3. The Hall–Kier alpha value is -3.46. The van der Waals surface area contributed by atoms with E-state index >= 15 is 0 Å². The highest BCUT2D eigenvalue weighted by atomic mass is 32.2. The molecule has 0 aromatic heterocycles. The molecule has 30 heavy (non-hydrogen) atoms. The molecule has 0 saturated carbocycles. The van der Waals surface area contributed by atoms with Crippen molar-refractivity contribution >= 4 is 47.0 Å². The van der Waals surface area contributed by atoms with Gasteiger partial charge < -0.3 is 5.32 Å². The van der Waals surface area contributed by atoms with Crippen molar-refractivity contribution in [3.8, 4) is 0 Å². The van der Waals surface area contributed by atoms with Crippen LogP contribution in [0.2, 0.25) is 0 Å². The van der Waals surface area contributed by atoms with Crippen molar-refractivity contribution in [2.45, 2.75) is 12.5 Å².